The number of nitrogens with one attached hydrogen (secondary N) is 3. The van der Waals surface area contributed by atoms with E-state index >= 15 is 0 Å². The summed E-state index contributed by atoms with van der Waals surface area (Å²) in [5.41, 5.74) is 9.37. The summed E-state index contributed by atoms with van der Waals surface area (Å²) in [5, 5.41) is 4.79. The average molecular weight is 500 g/mol. The summed E-state index contributed by atoms with van der Waals surface area (Å²) in [6.07, 6.45) is 3.47. The largest absolute Gasteiger partial charge is 0.455 e. The number of hydrazone groups is 1. The number of fused-ring (bicyclic) bond motifs is 1. The number of rotatable bonds is 4. The van der Waals surface area contributed by atoms with Gasteiger partial charge in [-0.2, -0.15) is 5.10 Å². The van der Waals surface area contributed by atoms with E-state index < -0.39 is 17.7 Å². The van der Waals surface area contributed by atoms with E-state index in [1.807, 2.05) is 0 Å². The molecule has 0 saturated carbocycles. The van der Waals surface area contributed by atoms with Crippen LogP contribution in [0.25, 0.3) is 0 Å². The van der Waals surface area contributed by atoms with Crippen molar-refractivity contribution < 1.29 is 18.8 Å². The van der Waals surface area contributed by atoms with Gasteiger partial charge in [-0.3, -0.25) is 30.2 Å². The van der Waals surface area contributed by atoms with Crippen LogP contribution in [0.2, 0.25) is 10.0 Å². The van der Waals surface area contributed by atoms with Gasteiger partial charge in [0.25, 0.3) is 11.8 Å². The molecule has 0 unspecified atom stereocenters. The molecule has 3 aromatic rings. The number of halogens is 2. The van der Waals surface area contributed by atoms with Crippen LogP contribution in [0.3, 0.4) is 0 Å². The Kier molecular flexibility index (Phi) is 6.95. The summed E-state index contributed by atoms with van der Waals surface area (Å²) in [4.78, 5) is 41.4. The summed E-state index contributed by atoms with van der Waals surface area (Å²) < 4.78 is 5.79. The molecule has 1 aromatic carbocycles. The van der Waals surface area contributed by atoms with E-state index in [1.54, 1.807) is 25.1 Å². The smallest absolute Gasteiger partial charge is 0.305 e. The van der Waals surface area contributed by atoms with Crippen LogP contribution in [-0.4, -0.2) is 28.4 Å². The monoisotopic (exact) mass is 499 g/mol. The second-order valence-corrected chi connectivity index (χ2v) is 8.30. The number of aromatic nitrogens is 1. The Morgan fingerprint density at radius 1 is 1.03 bits per heavy atom. The fourth-order valence-corrected chi connectivity index (χ4v) is 4.07. The highest BCUT2D eigenvalue weighted by molar-refractivity contribution is 6.36. The van der Waals surface area contributed by atoms with E-state index in [0.29, 0.717) is 40.5 Å². The first-order chi connectivity index (χ1) is 16.3. The van der Waals surface area contributed by atoms with E-state index in [4.69, 9.17) is 27.6 Å². The Bertz CT molecular complexity index is 1300. The number of aryl methyl sites for hydroxylation is 1. The molecule has 3 N–H and O–H groups in total. The molecule has 2 aromatic heterocycles. The van der Waals surface area contributed by atoms with Gasteiger partial charge in [-0.25, -0.2) is 5.43 Å². The van der Waals surface area contributed by atoms with Crippen LogP contribution in [-0.2, 0) is 6.42 Å². The van der Waals surface area contributed by atoms with Gasteiger partial charge >= 0.3 is 5.91 Å². The third kappa shape index (κ3) is 4.95. The SMILES string of the molecule is Cc1c(C(=O)NNC(=O)c2ccc(Cl)cc2Cl)oc2c1/C(=N/NC(=O)c1ccccn1)CCC2. The molecule has 0 fully saturated rings. The molecular formula is C23H19Cl2N5O4. The van der Waals surface area contributed by atoms with Crippen LogP contribution in [0.15, 0.2) is 52.1 Å². The summed E-state index contributed by atoms with van der Waals surface area (Å²) in [7, 11) is 0. The van der Waals surface area contributed by atoms with Crippen molar-refractivity contribution in [1.82, 2.24) is 21.3 Å². The summed E-state index contributed by atoms with van der Waals surface area (Å²) in [5.74, 6) is -1.06. The number of amides is 3. The van der Waals surface area contributed by atoms with Crippen LogP contribution in [0.5, 0.6) is 0 Å². The maximum Gasteiger partial charge on any atom is 0.305 e. The van der Waals surface area contributed by atoms with Crippen LogP contribution in [0.4, 0.5) is 0 Å². The van der Waals surface area contributed by atoms with Crippen molar-refractivity contribution in [1.29, 1.82) is 0 Å². The summed E-state index contributed by atoms with van der Waals surface area (Å²) in [6.45, 7) is 1.72. The minimum absolute atomic E-state index is 0.0400. The van der Waals surface area contributed by atoms with E-state index in [0.717, 1.165) is 6.42 Å². The maximum absolute atomic E-state index is 12.7. The van der Waals surface area contributed by atoms with Gasteiger partial charge in [0.1, 0.15) is 11.5 Å². The molecule has 11 heteroatoms. The van der Waals surface area contributed by atoms with Crippen LogP contribution >= 0.6 is 23.2 Å². The zero-order valence-corrected chi connectivity index (χ0v) is 19.5. The highest BCUT2D eigenvalue weighted by Crippen LogP contribution is 2.30. The zero-order valence-electron chi connectivity index (χ0n) is 17.9. The van der Waals surface area contributed by atoms with Crippen molar-refractivity contribution in [3.63, 3.8) is 0 Å². The van der Waals surface area contributed by atoms with Crippen LogP contribution < -0.4 is 16.3 Å². The molecule has 174 valence electrons. The minimum Gasteiger partial charge on any atom is -0.455 e. The molecule has 1 aliphatic rings. The molecule has 0 saturated heterocycles. The van der Waals surface area contributed by atoms with Crippen LogP contribution in [0, 0.1) is 6.92 Å². The van der Waals surface area contributed by atoms with Crippen molar-refractivity contribution in [2.24, 2.45) is 5.10 Å². The Labute approximate surface area is 204 Å². The van der Waals surface area contributed by atoms with E-state index in [-0.39, 0.29) is 22.0 Å². The molecule has 0 bridgehead atoms. The number of hydrazine groups is 1. The fourth-order valence-electron chi connectivity index (χ4n) is 3.58. The van der Waals surface area contributed by atoms with Gasteiger partial charge in [-0.15, -0.1) is 0 Å². The molecular weight excluding hydrogens is 481 g/mol. The third-order valence-electron chi connectivity index (χ3n) is 5.19. The number of carbonyl (C=O) groups excluding carboxylic acids is 3. The number of benzene rings is 1. The molecule has 3 amide bonds. The molecule has 1 aliphatic carbocycles. The first kappa shape index (κ1) is 23.5. The summed E-state index contributed by atoms with van der Waals surface area (Å²) >= 11 is 11.9. The van der Waals surface area contributed by atoms with Gasteiger partial charge in [-0.1, -0.05) is 29.3 Å². The first-order valence-electron chi connectivity index (χ1n) is 10.3. The predicted octanol–water partition coefficient (Wildman–Crippen LogP) is 3.84. The summed E-state index contributed by atoms with van der Waals surface area (Å²) in [6, 6.07) is 9.40. The van der Waals surface area contributed by atoms with Crippen molar-refractivity contribution in [3.05, 3.63) is 86.5 Å². The third-order valence-corrected chi connectivity index (χ3v) is 5.73. The molecule has 4 rings (SSSR count). The van der Waals surface area contributed by atoms with Gasteiger partial charge in [0.15, 0.2) is 5.76 Å². The highest BCUT2D eigenvalue weighted by Gasteiger charge is 2.28. The second-order valence-electron chi connectivity index (χ2n) is 7.45. The molecule has 0 radical (unpaired) electrons. The molecule has 0 atom stereocenters. The van der Waals surface area contributed by atoms with Crippen molar-refractivity contribution in [2.75, 3.05) is 0 Å². The molecule has 2 heterocycles. The van der Waals surface area contributed by atoms with Gasteiger partial charge in [0.2, 0.25) is 0 Å². The number of carbonyl (C=O) groups is 3. The number of hydrogen-bond acceptors (Lipinski definition) is 6. The van der Waals surface area contributed by atoms with Gasteiger partial charge in [0.05, 0.1) is 16.3 Å². The van der Waals surface area contributed by atoms with Gasteiger partial charge < -0.3 is 4.42 Å². The Hall–Kier alpha value is -3.69. The Morgan fingerprint density at radius 2 is 1.82 bits per heavy atom. The Morgan fingerprint density at radius 3 is 2.56 bits per heavy atom. The number of pyridine rings is 1. The van der Waals surface area contributed by atoms with E-state index in [2.05, 4.69) is 26.4 Å². The number of nitrogens with zero attached hydrogens (tertiary/aromatic N) is 2. The second kappa shape index (κ2) is 10.1. The van der Waals surface area contributed by atoms with E-state index in [9.17, 15) is 14.4 Å². The lowest BCUT2D eigenvalue weighted by Crippen LogP contribution is -2.41. The number of furan rings is 1. The standard InChI is InChI=1S/C23H19Cl2N5O4/c1-12-19-16(27-29-22(32)17-5-2-3-10-26-17)6-4-7-18(19)34-20(12)23(33)30-28-21(31)14-9-8-13(24)11-15(14)25/h2-3,5,8-11H,4,6-7H2,1H3,(H,28,31)(H,29,32)(H,30,33)/b27-16+. The molecule has 34 heavy (non-hydrogen) atoms. The zero-order chi connectivity index (χ0) is 24.2. The number of hydrogen-bond donors (Lipinski definition) is 3. The van der Waals surface area contributed by atoms with Crippen molar-refractivity contribution in [3.8, 4) is 0 Å². The van der Waals surface area contributed by atoms with Gasteiger partial charge in [0, 0.05) is 28.8 Å². The lowest BCUT2D eigenvalue weighted by atomic mass is 9.93. The highest BCUT2D eigenvalue weighted by atomic mass is 35.5. The predicted molar refractivity (Wildman–Crippen MR) is 126 cm³/mol. The van der Waals surface area contributed by atoms with Crippen molar-refractivity contribution >= 4 is 46.6 Å². The van der Waals surface area contributed by atoms with Crippen LogP contribution in [0.1, 0.15) is 61.1 Å². The molecule has 9 nitrogen and oxygen atoms in total. The first-order valence-corrected chi connectivity index (χ1v) is 11.1. The lowest BCUT2D eigenvalue weighted by molar-refractivity contribution is 0.0829. The van der Waals surface area contributed by atoms with E-state index in [1.165, 1.54) is 24.4 Å². The lowest BCUT2D eigenvalue weighted by Gasteiger charge is -2.13. The normalized spacial score (nSPS) is 13.8. The van der Waals surface area contributed by atoms with Gasteiger partial charge in [-0.05, 0) is 50.1 Å². The quantitative estimate of drug-likeness (QED) is 0.470. The minimum atomic E-state index is -0.637. The molecule has 0 spiro atoms. The van der Waals surface area contributed by atoms with Crippen molar-refractivity contribution in [2.45, 2.75) is 26.2 Å². The average Bonchev–Trinajstić information content (AvgIpc) is 3.18. The Balaban J connectivity index is 1.48. The molecule has 0 aliphatic heterocycles. The fraction of sp³-hybridized carbons (Fsp3) is 0.174. The maximum atomic E-state index is 12.7. The topological polar surface area (TPSA) is 126 Å².